The SMILES string of the molecule is CCC(C)[C@@H]1NC(=O)[C@@H]([C@@H](C)c2ccccc2C)NC(=O)[C@@H](N)CSSC[C@@H](C(=O)N2CCC[C@H]2C(=O)N[C@@H](CC(C)C)C(=O)NCC(N)=O)NC(=O)[C@H](CC(N)=O)NC(=O)[C@H](CCC(N)=O)NC1=O. The third kappa shape index (κ3) is 17.8. The number of aryl methyl sites for hydroxylation is 1. The molecule has 2 aliphatic heterocycles. The van der Waals surface area contributed by atoms with Gasteiger partial charge in [-0.2, -0.15) is 0 Å². The lowest BCUT2D eigenvalue weighted by Crippen LogP contribution is -2.62. The van der Waals surface area contributed by atoms with Gasteiger partial charge >= 0.3 is 0 Å². The molecule has 25 heteroatoms. The van der Waals surface area contributed by atoms with Crippen LogP contribution in [0.2, 0.25) is 0 Å². The average Bonchev–Trinajstić information content (AvgIpc) is 3.80. The molecule has 0 saturated carbocycles. The van der Waals surface area contributed by atoms with E-state index in [0.717, 1.165) is 32.7 Å². The predicted octanol–water partition coefficient (Wildman–Crippen LogP) is -2.44. The first-order valence-electron chi connectivity index (χ1n) is 23.3. The minimum atomic E-state index is -1.74. The molecule has 3 rings (SSSR count). The van der Waals surface area contributed by atoms with Gasteiger partial charge in [-0.3, -0.25) is 52.7 Å². The highest BCUT2D eigenvalue weighted by Gasteiger charge is 2.41. The van der Waals surface area contributed by atoms with E-state index in [9.17, 15) is 52.7 Å². The topological polar surface area (TPSA) is 379 Å². The maximum atomic E-state index is 14.5. The van der Waals surface area contributed by atoms with Crippen LogP contribution in [-0.2, 0) is 52.7 Å². The van der Waals surface area contributed by atoms with Crippen LogP contribution in [0.1, 0.15) is 96.6 Å². The summed E-state index contributed by atoms with van der Waals surface area (Å²) < 4.78 is 0. The number of primary amides is 3. The largest absolute Gasteiger partial charge is 0.370 e. The fourth-order valence-corrected chi connectivity index (χ4v) is 10.2. The Balaban J connectivity index is 2.08. The molecule has 23 nitrogen and oxygen atoms in total. The molecule has 2 saturated heterocycles. The standard InChI is InChI=1S/C45H70N12O11S2/c1-7-23(4)36-43(66)51-28(14-15-33(47)58)40(63)52-30(18-34(48)59)41(64)54-31(45(68)57-16-10-13-32(57)42(65)53-29(17-22(2)3)39(62)50-19-35(49)60)21-70-69-20-27(46)38(61)56-37(44(67)55-36)25(6)26-12-9-8-11-24(26)5/h8-9,11-12,22-23,25,27-32,36-37H,7,10,13-21,46H2,1-6H3,(H2,47,58)(H2,48,59)(H2,49,60)(H,50,62)(H,51,66)(H,52,63)(H,53,65)(H,54,64)(H,55,67)(H,56,61)/t23?,25-,27-,28-,29-,30-,31-,32-,36-,37+/m0/s1. The number of nitrogens with zero attached hydrogens (tertiary/aromatic N) is 1. The molecule has 70 heavy (non-hydrogen) atoms. The van der Waals surface area contributed by atoms with Crippen LogP contribution in [0.4, 0.5) is 0 Å². The zero-order valence-corrected chi connectivity index (χ0v) is 42.1. The van der Waals surface area contributed by atoms with Gasteiger partial charge in [0.05, 0.1) is 19.0 Å². The molecule has 15 N–H and O–H groups in total. The molecule has 11 amide bonds. The summed E-state index contributed by atoms with van der Waals surface area (Å²) in [5.41, 5.74) is 24.1. The Kier molecular flexibility index (Phi) is 23.4. The second-order valence-corrected chi connectivity index (χ2v) is 20.7. The molecule has 0 bridgehead atoms. The van der Waals surface area contributed by atoms with Crippen LogP contribution >= 0.6 is 21.6 Å². The van der Waals surface area contributed by atoms with Crippen molar-refractivity contribution in [2.75, 3.05) is 24.6 Å². The Morgan fingerprint density at radius 2 is 1.39 bits per heavy atom. The molecule has 0 aromatic heterocycles. The fourth-order valence-electron chi connectivity index (χ4n) is 7.93. The van der Waals surface area contributed by atoms with E-state index >= 15 is 0 Å². The predicted molar refractivity (Wildman–Crippen MR) is 262 cm³/mol. The lowest BCUT2D eigenvalue weighted by molar-refractivity contribution is -0.142. The summed E-state index contributed by atoms with van der Waals surface area (Å²) in [6.07, 6.45) is -0.494. The van der Waals surface area contributed by atoms with Crippen LogP contribution in [-0.4, -0.2) is 143 Å². The van der Waals surface area contributed by atoms with Crippen LogP contribution in [0, 0.1) is 18.8 Å². The zero-order chi connectivity index (χ0) is 52.4. The van der Waals surface area contributed by atoms with Crippen molar-refractivity contribution in [2.24, 2.45) is 34.8 Å². The first-order valence-corrected chi connectivity index (χ1v) is 25.7. The van der Waals surface area contributed by atoms with Gasteiger partial charge in [0.25, 0.3) is 0 Å². The summed E-state index contributed by atoms with van der Waals surface area (Å²) in [7, 11) is 2.10. The number of nitrogens with one attached hydrogen (secondary N) is 7. The van der Waals surface area contributed by atoms with Crippen LogP contribution in [0.5, 0.6) is 0 Å². The molecular formula is C45H70N12O11S2. The number of carbonyl (C=O) groups excluding carboxylic acids is 11. The van der Waals surface area contributed by atoms with Crippen LogP contribution in [0.15, 0.2) is 24.3 Å². The van der Waals surface area contributed by atoms with E-state index in [0.29, 0.717) is 12.8 Å². The van der Waals surface area contributed by atoms with Crippen molar-refractivity contribution in [3.63, 3.8) is 0 Å². The van der Waals surface area contributed by atoms with E-state index in [1.54, 1.807) is 32.9 Å². The van der Waals surface area contributed by atoms with E-state index in [1.807, 2.05) is 32.9 Å². The Labute approximate surface area is 415 Å². The monoisotopic (exact) mass is 1020 g/mol. The van der Waals surface area contributed by atoms with E-state index in [1.165, 1.54) is 4.90 Å². The zero-order valence-electron chi connectivity index (χ0n) is 40.5. The quantitative estimate of drug-likeness (QED) is 0.0723. The Bertz CT molecular complexity index is 2100. The molecule has 2 fully saturated rings. The van der Waals surface area contributed by atoms with Gasteiger partial charge in [0.1, 0.15) is 42.3 Å². The summed E-state index contributed by atoms with van der Waals surface area (Å²) in [6, 6.07) is -3.49. The molecule has 10 atom stereocenters. The van der Waals surface area contributed by atoms with Crippen molar-refractivity contribution in [2.45, 2.75) is 141 Å². The maximum Gasteiger partial charge on any atom is 0.246 e. The van der Waals surface area contributed by atoms with Crippen molar-refractivity contribution in [3.05, 3.63) is 35.4 Å². The number of amides is 11. The minimum Gasteiger partial charge on any atom is -0.370 e. The van der Waals surface area contributed by atoms with E-state index in [2.05, 4.69) is 37.2 Å². The van der Waals surface area contributed by atoms with Gasteiger partial charge in [-0.15, -0.1) is 0 Å². The van der Waals surface area contributed by atoms with Gasteiger partial charge in [-0.25, -0.2) is 0 Å². The first-order chi connectivity index (χ1) is 32.9. The number of hydrogen-bond acceptors (Lipinski definition) is 14. The normalized spacial score (nSPS) is 24.6. The van der Waals surface area contributed by atoms with Gasteiger partial charge in [0, 0.05) is 30.4 Å². The molecule has 1 aromatic carbocycles. The molecule has 0 aliphatic carbocycles. The third-order valence-corrected chi connectivity index (χ3v) is 14.5. The van der Waals surface area contributed by atoms with Crippen LogP contribution < -0.4 is 60.2 Å². The summed E-state index contributed by atoms with van der Waals surface area (Å²) >= 11 is 0. The number of nitrogens with two attached hydrogens (primary N) is 4. The van der Waals surface area contributed by atoms with Gasteiger partial charge in [-0.1, -0.05) is 86.9 Å². The second kappa shape index (κ2) is 28.0. The van der Waals surface area contributed by atoms with Gasteiger partial charge in [0.2, 0.25) is 65.0 Å². The van der Waals surface area contributed by atoms with Crippen LogP contribution in [0.25, 0.3) is 0 Å². The highest BCUT2D eigenvalue weighted by Crippen LogP contribution is 2.27. The highest BCUT2D eigenvalue weighted by atomic mass is 33.1. The smallest absolute Gasteiger partial charge is 0.246 e. The molecule has 2 aliphatic rings. The maximum absolute atomic E-state index is 14.5. The number of hydrogen-bond donors (Lipinski definition) is 11. The number of rotatable bonds is 17. The first kappa shape index (κ1) is 58.4. The summed E-state index contributed by atoms with van der Waals surface area (Å²) in [5.74, 6) is -10.7. The van der Waals surface area contributed by atoms with Crippen molar-refractivity contribution in [1.29, 1.82) is 0 Å². The molecule has 2 heterocycles. The Hall–Kier alpha value is -5.95. The molecule has 1 aromatic rings. The van der Waals surface area contributed by atoms with Gasteiger partial charge in [0.15, 0.2) is 0 Å². The Morgan fingerprint density at radius 3 is 2.00 bits per heavy atom. The van der Waals surface area contributed by atoms with Gasteiger partial charge in [-0.05, 0) is 55.6 Å². The number of carbonyl (C=O) groups is 11. The van der Waals surface area contributed by atoms with E-state index < -0.39 is 145 Å². The molecule has 0 radical (unpaired) electrons. The molecule has 388 valence electrons. The lowest BCUT2D eigenvalue weighted by Gasteiger charge is -2.32. The molecular weight excluding hydrogens is 949 g/mol. The third-order valence-electron chi connectivity index (χ3n) is 12.0. The summed E-state index contributed by atoms with van der Waals surface area (Å²) in [5, 5.41) is 18.2. The average molecular weight is 1020 g/mol. The van der Waals surface area contributed by atoms with Gasteiger partial charge < -0.3 is 65.1 Å². The van der Waals surface area contributed by atoms with E-state index in [4.69, 9.17) is 22.9 Å². The molecule has 1 unspecified atom stereocenters. The van der Waals surface area contributed by atoms with Crippen molar-refractivity contribution in [3.8, 4) is 0 Å². The number of benzene rings is 1. The highest BCUT2D eigenvalue weighted by molar-refractivity contribution is 8.76. The van der Waals surface area contributed by atoms with E-state index in [-0.39, 0.29) is 43.2 Å². The van der Waals surface area contributed by atoms with Crippen molar-refractivity contribution < 1.29 is 52.7 Å². The summed E-state index contributed by atoms with van der Waals surface area (Å²) in [4.78, 5) is 149. The minimum absolute atomic E-state index is 0.0604. The molecule has 0 spiro atoms. The van der Waals surface area contributed by atoms with Crippen LogP contribution in [0.3, 0.4) is 0 Å². The second-order valence-electron chi connectivity index (χ2n) is 18.1. The fraction of sp³-hybridized carbons (Fsp3) is 0.622. The summed E-state index contributed by atoms with van der Waals surface area (Å²) in [6.45, 7) is 10.3. The Morgan fingerprint density at radius 1 is 0.771 bits per heavy atom. The van der Waals surface area contributed by atoms with Crippen molar-refractivity contribution in [1.82, 2.24) is 42.1 Å². The van der Waals surface area contributed by atoms with Crippen molar-refractivity contribution >= 4 is 86.6 Å². The number of likely N-dealkylation sites (tertiary alicyclic amines) is 1. The lowest BCUT2D eigenvalue weighted by atomic mass is 9.88.